The van der Waals surface area contributed by atoms with Crippen LogP contribution in [0.15, 0.2) is 54.6 Å². The molecular weight excluding hydrogens is 252 g/mol. The molecule has 0 N–H and O–H groups in total. The molecule has 1 unspecified atom stereocenters. The van der Waals surface area contributed by atoms with Gasteiger partial charge in [-0.05, 0) is 24.5 Å². The van der Waals surface area contributed by atoms with E-state index in [1.165, 1.54) is 5.56 Å². The molecule has 0 aliphatic heterocycles. The Morgan fingerprint density at radius 2 is 1.68 bits per heavy atom. The fourth-order valence-electron chi connectivity index (χ4n) is 1.96. The second-order valence-electron chi connectivity index (χ2n) is 4.56. The highest BCUT2D eigenvalue weighted by atomic mass is 32.1. The van der Waals surface area contributed by atoms with Gasteiger partial charge in [-0.25, -0.2) is 0 Å². The van der Waals surface area contributed by atoms with Crippen molar-refractivity contribution < 1.29 is 4.74 Å². The van der Waals surface area contributed by atoms with Crippen molar-refractivity contribution in [2.75, 3.05) is 6.61 Å². The van der Waals surface area contributed by atoms with Crippen LogP contribution in [0, 0.1) is 0 Å². The second-order valence-corrected chi connectivity index (χ2v) is 5.29. The first kappa shape index (κ1) is 14.0. The Kier molecular flexibility index (Phi) is 5.34. The maximum absolute atomic E-state index is 5.92. The lowest BCUT2D eigenvalue weighted by Crippen LogP contribution is -2.06. The molecule has 0 heterocycles. The maximum atomic E-state index is 5.92. The third kappa shape index (κ3) is 4.03. The van der Waals surface area contributed by atoms with Crippen molar-refractivity contribution in [3.05, 3.63) is 54.6 Å². The SMILES string of the molecule is CCC(S)CCOc1ccccc1-c1ccccc1. The van der Waals surface area contributed by atoms with Gasteiger partial charge in [-0.2, -0.15) is 12.6 Å². The molecule has 0 saturated heterocycles. The summed E-state index contributed by atoms with van der Waals surface area (Å²) >= 11 is 4.49. The highest BCUT2D eigenvalue weighted by molar-refractivity contribution is 7.80. The van der Waals surface area contributed by atoms with E-state index in [9.17, 15) is 0 Å². The molecule has 0 bridgehead atoms. The molecule has 0 aromatic heterocycles. The number of para-hydroxylation sites is 1. The van der Waals surface area contributed by atoms with Gasteiger partial charge in [0.05, 0.1) is 6.61 Å². The van der Waals surface area contributed by atoms with E-state index < -0.39 is 0 Å². The van der Waals surface area contributed by atoms with Gasteiger partial charge in [0.15, 0.2) is 0 Å². The summed E-state index contributed by atoms with van der Waals surface area (Å²) in [5.41, 5.74) is 2.34. The molecule has 2 rings (SSSR count). The Bertz CT molecular complexity index is 496. The molecule has 100 valence electrons. The van der Waals surface area contributed by atoms with Crippen LogP contribution in [0.5, 0.6) is 5.75 Å². The first-order valence-corrected chi connectivity index (χ1v) is 7.28. The van der Waals surface area contributed by atoms with Gasteiger partial charge in [0.1, 0.15) is 5.75 Å². The summed E-state index contributed by atoms with van der Waals surface area (Å²) in [5.74, 6) is 0.949. The molecular formula is C17H20OS. The smallest absolute Gasteiger partial charge is 0.127 e. The summed E-state index contributed by atoms with van der Waals surface area (Å²) in [6.45, 7) is 2.86. The fourth-order valence-corrected chi connectivity index (χ4v) is 2.06. The Morgan fingerprint density at radius 3 is 2.42 bits per heavy atom. The number of hydrogen-bond acceptors (Lipinski definition) is 2. The minimum Gasteiger partial charge on any atom is -0.493 e. The summed E-state index contributed by atoms with van der Waals surface area (Å²) in [5, 5.41) is 0.420. The summed E-state index contributed by atoms with van der Waals surface area (Å²) < 4.78 is 5.92. The molecule has 2 aromatic carbocycles. The third-order valence-corrected chi connectivity index (χ3v) is 3.78. The Balaban J connectivity index is 2.09. The molecule has 0 radical (unpaired) electrons. The number of thiol groups is 1. The van der Waals surface area contributed by atoms with Crippen molar-refractivity contribution in [3.8, 4) is 16.9 Å². The standard InChI is InChI=1S/C17H20OS/c1-2-15(19)12-13-18-17-11-7-6-10-16(17)14-8-4-3-5-9-14/h3-11,15,19H,2,12-13H2,1H3. The topological polar surface area (TPSA) is 9.23 Å². The molecule has 0 aliphatic rings. The summed E-state index contributed by atoms with van der Waals surface area (Å²) in [4.78, 5) is 0. The van der Waals surface area contributed by atoms with Crippen molar-refractivity contribution in [3.63, 3.8) is 0 Å². The van der Waals surface area contributed by atoms with Gasteiger partial charge in [0, 0.05) is 10.8 Å². The maximum Gasteiger partial charge on any atom is 0.127 e. The molecule has 0 amide bonds. The van der Waals surface area contributed by atoms with Crippen molar-refractivity contribution in [2.45, 2.75) is 25.0 Å². The van der Waals surface area contributed by atoms with E-state index >= 15 is 0 Å². The van der Waals surface area contributed by atoms with Crippen molar-refractivity contribution in [2.24, 2.45) is 0 Å². The summed E-state index contributed by atoms with van der Waals surface area (Å²) in [6, 6.07) is 18.5. The van der Waals surface area contributed by atoms with Gasteiger partial charge < -0.3 is 4.74 Å². The zero-order valence-electron chi connectivity index (χ0n) is 11.3. The largest absolute Gasteiger partial charge is 0.493 e. The molecule has 19 heavy (non-hydrogen) atoms. The Morgan fingerprint density at radius 1 is 1.00 bits per heavy atom. The molecule has 0 aliphatic carbocycles. The van der Waals surface area contributed by atoms with Crippen LogP contribution in [-0.2, 0) is 0 Å². The van der Waals surface area contributed by atoms with Crippen LogP contribution in [-0.4, -0.2) is 11.9 Å². The predicted molar refractivity (Wildman–Crippen MR) is 85.1 cm³/mol. The van der Waals surface area contributed by atoms with Gasteiger partial charge in [-0.1, -0.05) is 55.5 Å². The lowest BCUT2D eigenvalue weighted by Gasteiger charge is -2.13. The van der Waals surface area contributed by atoms with Crippen molar-refractivity contribution in [1.82, 2.24) is 0 Å². The first-order chi connectivity index (χ1) is 9.31. The minimum absolute atomic E-state index is 0.420. The predicted octanol–water partition coefficient (Wildman–Crippen LogP) is 4.83. The van der Waals surface area contributed by atoms with Crippen molar-refractivity contribution in [1.29, 1.82) is 0 Å². The summed E-state index contributed by atoms with van der Waals surface area (Å²) in [7, 11) is 0. The van der Waals surface area contributed by atoms with Crippen LogP contribution < -0.4 is 4.74 Å². The quantitative estimate of drug-likeness (QED) is 0.741. The zero-order valence-corrected chi connectivity index (χ0v) is 12.1. The van der Waals surface area contributed by atoms with Crippen LogP contribution in [0.3, 0.4) is 0 Å². The van der Waals surface area contributed by atoms with E-state index in [2.05, 4.69) is 37.8 Å². The highest BCUT2D eigenvalue weighted by Crippen LogP contribution is 2.29. The fraction of sp³-hybridized carbons (Fsp3) is 0.294. The number of hydrogen-bond donors (Lipinski definition) is 1. The van der Waals surface area contributed by atoms with Crippen LogP contribution in [0.25, 0.3) is 11.1 Å². The minimum atomic E-state index is 0.420. The lowest BCUT2D eigenvalue weighted by atomic mass is 10.1. The molecule has 1 atom stereocenters. The molecule has 2 heteroatoms. The molecule has 1 nitrogen and oxygen atoms in total. The molecule has 2 aromatic rings. The number of rotatable bonds is 6. The van der Waals surface area contributed by atoms with Gasteiger partial charge in [0.25, 0.3) is 0 Å². The average molecular weight is 272 g/mol. The van der Waals surface area contributed by atoms with Crippen LogP contribution in [0.1, 0.15) is 19.8 Å². The monoisotopic (exact) mass is 272 g/mol. The zero-order chi connectivity index (χ0) is 13.5. The van der Waals surface area contributed by atoms with E-state index in [0.717, 1.165) is 24.2 Å². The lowest BCUT2D eigenvalue weighted by molar-refractivity contribution is 0.310. The Labute approximate surface area is 121 Å². The highest BCUT2D eigenvalue weighted by Gasteiger charge is 2.06. The van der Waals surface area contributed by atoms with E-state index in [4.69, 9.17) is 4.74 Å². The van der Waals surface area contributed by atoms with E-state index in [1.807, 2.05) is 36.4 Å². The van der Waals surface area contributed by atoms with Gasteiger partial charge in [-0.15, -0.1) is 0 Å². The van der Waals surface area contributed by atoms with Crippen LogP contribution in [0.4, 0.5) is 0 Å². The van der Waals surface area contributed by atoms with Crippen LogP contribution in [0.2, 0.25) is 0 Å². The van der Waals surface area contributed by atoms with Crippen molar-refractivity contribution >= 4 is 12.6 Å². The average Bonchev–Trinajstić information content (AvgIpc) is 2.48. The third-order valence-electron chi connectivity index (χ3n) is 3.15. The van der Waals surface area contributed by atoms with Crippen LogP contribution >= 0.6 is 12.6 Å². The van der Waals surface area contributed by atoms with Gasteiger partial charge in [0.2, 0.25) is 0 Å². The molecule has 0 spiro atoms. The molecule has 0 fully saturated rings. The van der Waals surface area contributed by atoms with E-state index in [1.54, 1.807) is 0 Å². The number of ether oxygens (including phenoxy) is 1. The Hall–Kier alpha value is -1.41. The second kappa shape index (κ2) is 7.25. The number of benzene rings is 2. The van der Waals surface area contributed by atoms with Gasteiger partial charge >= 0.3 is 0 Å². The van der Waals surface area contributed by atoms with E-state index in [0.29, 0.717) is 11.9 Å². The first-order valence-electron chi connectivity index (χ1n) is 6.76. The van der Waals surface area contributed by atoms with Gasteiger partial charge in [-0.3, -0.25) is 0 Å². The normalized spacial score (nSPS) is 12.1. The molecule has 0 saturated carbocycles. The summed E-state index contributed by atoms with van der Waals surface area (Å²) in [6.07, 6.45) is 2.05. The van der Waals surface area contributed by atoms with E-state index in [-0.39, 0.29) is 0 Å².